The maximum absolute atomic E-state index is 10.3. The average Bonchev–Trinajstić information content (AvgIpc) is 2.71. The van der Waals surface area contributed by atoms with Crippen LogP contribution in [0.5, 0.6) is 0 Å². The molecule has 0 heterocycles. The van der Waals surface area contributed by atoms with Crippen LogP contribution in [0.4, 0.5) is 0 Å². The molecular formula is C8H14O3. The van der Waals surface area contributed by atoms with E-state index >= 15 is 0 Å². The SMILES string of the molecule is CC(COCC1CC1)C(=O)O. The van der Waals surface area contributed by atoms with Crippen molar-refractivity contribution in [2.24, 2.45) is 11.8 Å². The van der Waals surface area contributed by atoms with Crippen molar-refractivity contribution in [2.45, 2.75) is 19.8 Å². The molecule has 3 nitrogen and oxygen atoms in total. The van der Waals surface area contributed by atoms with Crippen LogP contribution < -0.4 is 0 Å². The van der Waals surface area contributed by atoms with E-state index in [0.29, 0.717) is 6.61 Å². The van der Waals surface area contributed by atoms with Crippen LogP contribution in [-0.2, 0) is 9.53 Å². The first-order valence-corrected chi connectivity index (χ1v) is 4.00. The zero-order chi connectivity index (χ0) is 8.27. The Morgan fingerprint density at radius 3 is 2.82 bits per heavy atom. The fourth-order valence-corrected chi connectivity index (χ4v) is 0.767. The van der Waals surface area contributed by atoms with Gasteiger partial charge in [0.2, 0.25) is 0 Å². The lowest BCUT2D eigenvalue weighted by Crippen LogP contribution is -2.16. The standard InChI is InChI=1S/C8H14O3/c1-6(8(9)10)4-11-5-7-2-3-7/h6-7H,2-5H2,1H3,(H,9,10). The third kappa shape index (κ3) is 3.37. The normalized spacial score (nSPS) is 19.7. The topological polar surface area (TPSA) is 46.5 Å². The van der Waals surface area contributed by atoms with Gasteiger partial charge in [-0.3, -0.25) is 4.79 Å². The second kappa shape index (κ2) is 3.72. The fraction of sp³-hybridized carbons (Fsp3) is 0.875. The predicted molar refractivity (Wildman–Crippen MR) is 40.3 cm³/mol. The van der Waals surface area contributed by atoms with Crippen LogP contribution in [0.3, 0.4) is 0 Å². The van der Waals surface area contributed by atoms with E-state index in [1.54, 1.807) is 6.92 Å². The Morgan fingerprint density at radius 1 is 1.73 bits per heavy atom. The molecule has 3 heteroatoms. The van der Waals surface area contributed by atoms with Crippen LogP contribution in [0.25, 0.3) is 0 Å². The number of rotatable bonds is 5. The summed E-state index contributed by atoms with van der Waals surface area (Å²) in [7, 11) is 0. The summed E-state index contributed by atoms with van der Waals surface area (Å²) in [5, 5.41) is 8.48. The molecule has 1 N–H and O–H groups in total. The maximum Gasteiger partial charge on any atom is 0.308 e. The molecule has 0 radical (unpaired) electrons. The molecule has 1 fully saturated rings. The van der Waals surface area contributed by atoms with E-state index in [9.17, 15) is 4.79 Å². The van der Waals surface area contributed by atoms with Crippen molar-refractivity contribution in [1.82, 2.24) is 0 Å². The summed E-state index contributed by atoms with van der Waals surface area (Å²) in [5.74, 6) is -0.425. The highest BCUT2D eigenvalue weighted by Crippen LogP contribution is 2.28. The first-order chi connectivity index (χ1) is 5.20. The molecule has 1 rings (SSSR count). The Balaban J connectivity index is 1.96. The van der Waals surface area contributed by atoms with Crippen molar-refractivity contribution in [3.8, 4) is 0 Å². The molecule has 1 atom stereocenters. The number of carbonyl (C=O) groups is 1. The van der Waals surface area contributed by atoms with Crippen molar-refractivity contribution in [1.29, 1.82) is 0 Å². The quantitative estimate of drug-likeness (QED) is 0.652. The second-order valence-corrected chi connectivity index (χ2v) is 3.22. The van der Waals surface area contributed by atoms with Gasteiger partial charge in [-0.1, -0.05) is 0 Å². The molecule has 0 spiro atoms. The number of ether oxygens (including phenoxy) is 1. The highest BCUT2D eigenvalue weighted by atomic mass is 16.5. The Kier molecular flexibility index (Phi) is 2.88. The van der Waals surface area contributed by atoms with E-state index < -0.39 is 5.97 Å². The highest BCUT2D eigenvalue weighted by molar-refractivity contribution is 5.69. The first kappa shape index (κ1) is 8.53. The van der Waals surface area contributed by atoms with Gasteiger partial charge in [0.25, 0.3) is 0 Å². The summed E-state index contributed by atoms with van der Waals surface area (Å²) in [6.45, 7) is 2.76. The lowest BCUT2D eigenvalue weighted by Gasteiger charge is -2.05. The first-order valence-electron chi connectivity index (χ1n) is 4.00. The minimum absolute atomic E-state index is 0.353. The minimum Gasteiger partial charge on any atom is -0.481 e. The Hall–Kier alpha value is -0.570. The largest absolute Gasteiger partial charge is 0.481 e. The minimum atomic E-state index is -0.777. The van der Waals surface area contributed by atoms with Crippen LogP contribution in [-0.4, -0.2) is 24.3 Å². The zero-order valence-corrected chi connectivity index (χ0v) is 6.75. The molecule has 64 valence electrons. The highest BCUT2D eigenvalue weighted by Gasteiger charge is 2.22. The predicted octanol–water partition coefficient (Wildman–Crippen LogP) is 1.13. The van der Waals surface area contributed by atoms with E-state index in [1.807, 2.05) is 0 Å². The summed E-state index contributed by atoms with van der Waals surface area (Å²) in [6.07, 6.45) is 2.50. The van der Waals surface area contributed by atoms with Crippen LogP contribution >= 0.6 is 0 Å². The lowest BCUT2D eigenvalue weighted by molar-refractivity contribution is -0.143. The van der Waals surface area contributed by atoms with Crippen LogP contribution in [0.1, 0.15) is 19.8 Å². The zero-order valence-electron chi connectivity index (χ0n) is 6.75. The lowest BCUT2D eigenvalue weighted by atomic mass is 10.2. The van der Waals surface area contributed by atoms with E-state index in [4.69, 9.17) is 9.84 Å². The average molecular weight is 158 g/mol. The number of hydrogen-bond donors (Lipinski definition) is 1. The number of carboxylic acid groups (broad SMARTS) is 1. The van der Waals surface area contributed by atoms with E-state index in [0.717, 1.165) is 12.5 Å². The van der Waals surface area contributed by atoms with Crippen molar-refractivity contribution in [3.05, 3.63) is 0 Å². The Bertz CT molecular complexity index is 140. The maximum atomic E-state index is 10.3. The second-order valence-electron chi connectivity index (χ2n) is 3.22. The van der Waals surface area contributed by atoms with Gasteiger partial charge >= 0.3 is 5.97 Å². The van der Waals surface area contributed by atoms with Gasteiger partial charge in [0.15, 0.2) is 0 Å². The summed E-state index contributed by atoms with van der Waals surface area (Å²) in [5.41, 5.74) is 0. The van der Waals surface area contributed by atoms with Gasteiger partial charge in [-0.15, -0.1) is 0 Å². The van der Waals surface area contributed by atoms with Gasteiger partial charge in [0.05, 0.1) is 12.5 Å². The van der Waals surface area contributed by atoms with Gasteiger partial charge < -0.3 is 9.84 Å². The molecule has 0 aliphatic heterocycles. The van der Waals surface area contributed by atoms with Gasteiger partial charge in [0, 0.05) is 6.61 Å². The number of aliphatic carboxylic acids is 1. The molecule has 1 aliphatic carbocycles. The van der Waals surface area contributed by atoms with Crippen molar-refractivity contribution in [3.63, 3.8) is 0 Å². The summed E-state index contributed by atoms with van der Waals surface area (Å²) in [6, 6.07) is 0. The van der Waals surface area contributed by atoms with Crippen LogP contribution in [0.15, 0.2) is 0 Å². The smallest absolute Gasteiger partial charge is 0.308 e. The molecule has 0 aromatic heterocycles. The Labute approximate surface area is 66.4 Å². The molecular weight excluding hydrogens is 144 g/mol. The van der Waals surface area contributed by atoms with Crippen LogP contribution in [0.2, 0.25) is 0 Å². The van der Waals surface area contributed by atoms with Crippen LogP contribution in [0, 0.1) is 11.8 Å². The molecule has 1 unspecified atom stereocenters. The molecule has 11 heavy (non-hydrogen) atoms. The molecule has 1 aliphatic rings. The van der Waals surface area contributed by atoms with Crippen molar-refractivity contribution in [2.75, 3.05) is 13.2 Å². The summed E-state index contributed by atoms with van der Waals surface area (Å²) in [4.78, 5) is 10.3. The molecule has 0 saturated heterocycles. The summed E-state index contributed by atoms with van der Waals surface area (Å²) >= 11 is 0. The third-order valence-electron chi connectivity index (χ3n) is 1.84. The molecule has 0 aromatic carbocycles. The van der Waals surface area contributed by atoms with Crippen molar-refractivity contribution >= 4 is 5.97 Å². The van der Waals surface area contributed by atoms with E-state index in [-0.39, 0.29) is 5.92 Å². The van der Waals surface area contributed by atoms with Gasteiger partial charge in [0.1, 0.15) is 0 Å². The molecule has 1 saturated carbocycles. The van der Waals surface area contributed by atoms with Gasteiger partial charge in [-0.25, -0.2) is 0 Å². The van der Waals surface area contributed by atoms with Gasteiger partial charge in [-0.05, 0) is 25.7 Å². The van der Waals surface area contributed by atoms with E-state index in [1.165, 1.54) is 12.8 Å². The molecule has 0 aromatic rings. The van der Waals surface area contributed by atoms with E-state index in [2.05, 4.69) is 0 Å². The number of hydrogen-bond acceptors (Lipinski definition) is 2. The monoisotopic (exact) mass is 158 g/mol. The fourth-order valence-electron chi connectivity index (χ4n) is 0.767. The van der Waals surface area contributed by atoms with Crippen molar-refractivity contribution < 1.29 is 14.6 Å². The third-order valence-corrected chi connectivity index (χ3v) is 1.84. The molecule has 0 amide bonds. The Morgan fingerprint density at radius 2 is 2.36 bits per heavy atom. The van der Waals surface area contributed by atoms with Gasteiger partial charge in [-0.2, -0.15) is 0 Å². The number of carboxylic acids is 1. The molecule has 0 bridgehead atoms. The summed E-state index contributed by atoms with van der Waals surface area (Å²) < 4.78 is 5.20.